The van der Waals surface area contributed by atoms with Crippen molar-refractivity contribution in [1.82, 2.24) is 0 Å². The molecule has 0 aromatic heterocycles. The van der Waals surface area contributed by atoms with Crippen LogP contribution < -0.4 is 0 Å². The van der Waals surface area contributed by atoms with Crippen molar-refractivity contribution in [3.05, 3.63) is 0 Å². The first-order chi connectivity index (χ1) is 9.63. The summed E-state index contributed by atoms with van der Waals surface area (Å²) < 4.78 is 11.8. The number of aliphatic hydroxyl groups is 2. The predicted molar refractivity (Wildman–Crippen MR) is 68.7 cm³/mol. The van der Waals surface area contributed by atoms with Crippen LogP contribution in [0.3, 0.4) is 0 Å². The van der Waals surface area contributed by atoms with Crippen molar-refractivity contribution in [2.75, 3.05) is 0 Å². The Kier molecular flexibility index (Phi) is 3.05. The van der Waals surface area contributed by atoms with Crippen LogP contribution in [-0.4, -0.2) is 46.7 Å². The molecule has 0 amide bonds. The minimum atomic E-state index is -0.355. The van der Waals surface area contributed by atoms with E-state index in [2.05, 4.69) is 0 Å². The van der Waals surface area contributed by atoms with Crippen molar-refractivity contribution in [1.29, 1.82) is 0 Å². The highest BCUT2D eigenvalue weighted by Crippen LogP contribution is 2.50. The summed E-state index contributed by atoms with van der Waals surface area (Å²) in [5.41, 5.74) is 0. The standard InChI is InChI=1S/C15H22O5/c16-7-1-3-9-11(5-7)19-14-10-4-2-8(17)6-12(10)20-15(18)13(9)14/h7-14,16-17H,1-6H2. The molecule has 8 atom stereocenters. The van der Waals surface area contributed by atoms with E-state index in [4.69, 9.17) is 9.47 Å². The molecular weight excluding hydrogens is 260 g/mol. The fourth-order valence-electron chi connectivity index (χ4n) is 4.78. The van der Waals surface area contributed by atoms with E-state index in [0.717, 1.165) is 25.7 Å². The SMILES string of the molecule is O=C1OC2CC(O)CCC2C2OC3CC(O)CCC3C12. The smallest absolute Gasteiger partial charge is 0.312 e. The second kappa shape index (κ2) is 4.68. The second-order valence-electron chi connectivity index (χ2n) is 6.90. The number of hydrogen-bond donors (Lipinski definition) is 2. The van der Waals surface area contributed by atoms with Crippen LogP contribution in [0.25, 0.3) is 0 Å². The number of esters is 1. The van der Waals surface area contributed by atoms with Crippen LogP contribution in [0.5, 0.6) is 0 Å². The Labute approximate surface area is 118 Å². The number of aliphatic hydroxyl groups excluding tert-OH is 2. The van der Waals surface area contributed by atoms with E-state index in [1.165, 1.54) is 0 Å². The zero-order valence-corrected chi connectivity index (χ0v) is 11.5. The zero-order valence-electron chi connectivity index (χ0n) is 11.5. The van der Waals surface area contributed by atoms with E-state index in [9.17, 15) is 15.0 Å². The van der Waals surface area contributed by atoms with Crippen LogP contribution >= 0.6 is 0 Å². The second-order valence-corrected chi connectivity index (χ2v) is 6.90. The van der Waals surface area contributed by atoms with Gasteiger partial charge in [0.25, 0.3) is 0 Å². The van der Waals surface area contributed by atoms with Crippen LogP contribution in [-0.2, 0) is 14.3 Å². The highest BCUT2D eigenvalue weighted by molar-refractivity contribution is 5.75. The molecule has 2 aliphatic heterocycles. The molecule has 2 saturated carbocycles. The molecule has 2 heterocycles. The molecule has 0 aromatic rings. The first-order valence-electron chi connectivity index (χ1n) is 7.85. The molecule has 8 unspecified atom stereocenters. The third-order valence-electron chi connectivity index (χ3n) is 5.74. The summed E-state index contributed by atoms with van der Waals surface area (Å²) in [5.74, 6) is 0.144. The van der Waals surface area contributed by atoms with Gasteiger partial charge in [0.15, 0.2) is 0 Å². The summed E-state index contributed by atoms with van der Waals surface area (Å²) in [6.45, 7) is 0. The van der Waals surface area contributed by atoms with Gasteiger partial charge in [-0.1, -0.05) is 0 Å². The molecule has 2 N–H and O–H groups in total. The largest absolute Gasteiger partial charge is 0.462 e. The van der Waals surface area contributed by atoms with Gasteiger partial charge in [0.1, 0.15) is 6.10 Å². The summed E-state index contributed by atoms with van der Waals surface area (Å²) in [6.07, 6.45) is 3.54. The minimum Gasteiger partial charge on any atom is -0.462 e. The van der Waals surface area contributed by atoms with Gasteiger partial charge in [0.2, 0.25) is 0 Å². The van der Waals surface area contributed by atoms with E-state index >= 15 is 0 Å². The maximum atomic E-state index is 12.3. The monoisotopic (exact) mass is 282 g/mol. The van der Waals surface area contributed by atoms with Crippen LogP contribution in [0.4, 0.5) is 0 Å². The van der Waals surface area contributed by atoms with Gasteiger partial charge in [-0.05, 0) is 32.1 Å². The molecule has 0 bridgehead atoms. The van der Waals surface area contributed by atoms with Crippen LogP contribution in [0.15, 0.2) is 0 Å². The molecule has 5 heteroatoms. The fourth-order valence-corrected chi connectivity index (χ4v) is 4.78. The number of carbonyl (C=O) groups is 1. The Morgan fingerprint density at radius 3 is 2.30 bits per heavy atom. The van der Waals surface area contributed by atoms with E-state index < -0.39 is 0 Å². The van der Waals surface area contributed by atoms with E-state index in [0.29, 0.717) is 12.8 Å². The Bertz CT molecular complexity index is 411. The lowest BCUT2D eigenvalue weighted by atomic mass is 9.70. The Morgan fingerprint density at radius 2 is 1.55 bits per heavy atom. The first kappa shape index (κ1) is 13.0. The Morgan fingerprint density at radius 1 is 0.900 bits per heavy atom. The molecule has 20 heavy (non-hydrogen) atoms. The highest BCUT2D eigenvalue weighted by Gasteiger charge is 2.58. The lowest BCUT2D eigenvalue weighted by Crippen LogP contribution is -2.51. The van der Waals surface area contributed by atoms with Gasteiger partial charge < -0.3 is 19.7 Å². The minimum absolute atomic E-state index is 0.00639. The van der Waals surface area contributed by atoms with Gasteiger partial charge in [0.05, 0.1) is 30.3 Å². The molecule has 0 aromatic carbocycles. The summed E-state index contributed by atoms with van der Waals surface area (Å²) in [7, 11) is 0. The first-order valence-corrected chi connectivity index (χ1v) is 7.85. The van der Waals surface area contributed by atoms with E-state index in [1.54, 1.807) is 0 Å². The van der Waals surface area contributed by atoms with Gasteiger partial charge in [-0.25, -0.2) is 0 Å². The van der Waals surface area contributed by atoms with Crippen LogP contribution in [0, 0.1) is 17.8 Å². The molecule has 2 saturated heterocycles. The molecule has 4 fully saturated rings. The summed E-state index contributed by atoms with van der Waals surface area (Å²) in [6, 6.07) is 0. The number of ether oxygens (including phenoxy) is 2. The number of fused-ring (bicyclic) bond motifs is 5. The van der Waals surface area contributed by atoms with Crippen LogP contribution in [0.2, 0.25) is 0 Å². The van der Waals surface area contributed by atoms with Crippen molar-refractivity contribution in [3.8, 4) is 0 Å². The molecule has 4 rings (SSSR count). The van der Waals surface area contributed by atoms with Gasteiger partial charge in [0, 0.05) is 18.3 Å². The van der Waals surface area contributed by atoms with Gasteiger partial charge >= 0.3 is 5.97 Å². The topological polar surface area (TPSA) is 76.0 Å². The molecule has 0 radical (unpaired) electrons. The van der Waals surface area contributed by atoms with Gasteiger partial charge in [-0.3, -0.25) is 4.79 Å². The Balaban J connectivity index is 1.58. The number of carbonyl (C=O) groups excluding carboxylic acids is 1. The molecule has 2 aliphatic carbocycles. The fraction of sp³-hybridized carbons (Fsp3) is 0.933. The number of hydrogen-bond acceptors (Lipinski definition) is 5. The lowest BCUT2D eigenvalue weighted by Gasteiger charge is -2.42. The maximum absolute atomic E-state index is 12.3. The third kappa shape index (κ3) is 1.90. The Hall–Kier alpha value is -0.650. The zero-order chi connectivity index (χ0) is 13.9. The maximum Gasteiger partial charge on any atom is 0.312 e. The highest BCUT2D eigenvalue weighted by atomic mass is 16.6. The van der Waals surface area contributed by atoms with E-state index in [-0.39, 0.29) is 54.2 Å². The van der Waals surface area contributed by atoms with Crippen molar-refractivity contribution in [2.24, 2.45) is 17.8 Å². The number of rotatable bonds is 0. The van der Waals surface area contributed by atoms with Crippen LogP contribution in [0.1, 0.15) is 38.5 Å². The molecule has 112 valence electrons. The average Bonchev–Trinajstić information content (AvgIpc) is 2.77. The summed E-state index contributed by atoms with van der Waals surface area (Å²) in [5, 5.41) is 19.5. The average molecular weight is 282 g/mol. The van der Waals surface area contributed by atoms with Crippen molar-refractivity contribution in [2.45, 2.75) is 69.0 Å². The van der Waals surface area contributed by atoms with Crippen molar-refractivity contribution in [3.63, 3.8) is 0 Å². The lowest BCUT2D eigenvalue weighted by molar-refractivity contribution is -0.186. The molecule has 5 nitrogen and oxygen atoms in total. The summed E-state index contributed by atoms with van der Waals surface area (Å²) >= 11 is 0. The predicted octanol–water partition coefficient (Wildman–Crippen LogP) is 0.617. The van der Waals surface area contributed by atoms with Crippen molar-refractivity contribution >= 4 is 5.97 Å². The normalized spacial score (nSPS) is 54.6. The molecule has 4 aliphatic rings. The summed E-state index contributed by atoms with van der Waals surface area (Å²) in [4.78, 5) is 12.3. The quantitative estimate of drug-likeness (QED) is 0.637. The molecular formula is C15H22O5. The van der Waals surface area contributed by atoms with E-state index in [1.807, 2.05) is 0 Å². The van der Waals surface area contributed by atoms with Crippen molar-refractivity contribution < 1.29 is 24.5 Å². The third-order valence-corrected chi connectivity index (χ3v) is 5.74. The van der Waals surface area contributed by atoms with Gasteiger partial charge in [-0.15, -0.1) is 0 Å². The molecule has 0 spiro atoms. The van der Waals surface area contributed by atoms with Gasteiger partial charge in [-0.2, -0.15) is 0 Å².